The lowest BCUT2D eigenvalue weighted by Gasteiger charge is -2.21. The van der Waals surface area contributed by atoms with E-state index in [4.69, 9.17) is 18.0 Å². The van der Waals surface area contributed by atoms with Crippen LogP contribution in [0.5, 0.6) is 0 Å². The average Bonchev–Trinajstić information content (AvgIpc) is 3.18. The molecule has 4 atom stereocenters. The first-order valence-corrected chi connectivity index (χ1v) is 8.09. The Labute approximate surface area is 131 Å². The van der Waals surface area contributed by atoms with Gasteiger partial charge in [0.15, 0.2) is 0 Å². The molecule has 4 unspecified atom stereocenters. The zero-order valence-corrected chi connectivity index (χ0v) is 13.3. The van der Waals surface area contributed by atoms with E-state index in [1.807, 2.05) is 13.8 Å². The maximum absolute atomic E-state index is 12.6. The lowest BCUT2D eigenvalue weighted by molar-refractivity contribution is -0.123. The highest BCUT2D eigenvalue weighted by molar-refractivity contribution is 7.80. The van der Waals surface area contributed by atoms with Gasteiger partial charge in [-0.15, -0.1) is 0 Å². The van der Waals surface area contributed by atoms with Crippen LogP contribution in [0.25, 0.3) is 0 Å². The predicted octanol–water partition coefficient (Wildman–Crippen LogP) is 2.39. The molecular weight excluding hydrogens is 280 g/mol. The van der Waals surface area contributed by atoms with E-state index in [0.717, 1.165) is 12.8 Å². The number of amides is 1. The molecule has 1 fully saturated rings. The van der Waals surface area contributed by atoms with Crippen molar-refractivity contribution < 1.29 is 4.79 Å². The Bertz CT molecular complexity index is 584. The summed E-state index contributed by atoms with van der Waals surface area (Å²) in [7, 11) is 0. The Hall–Kier alpha value is -1.42. The van der Waals surface area contributed by atoms with E-state index in [1.165, 1.54) is 11.1 Å². The molecule has 3 rings (SSSR count). The molecule has 0 bridgehead atoms. The van der Waals surface area contributed by atoms with Crippen LogP contribution in [-0.4, -0.2) is 16.9 Å². The van der Waals surface area contributed by atoms with Crippen LogP contribution in [0.3, 0.4) is 0 Å². The molecule has 0 aliphatic heterocycles. The van der Waals surface area contributed by atoms with E-state index in [2.05, 4.69) is 29.6 Å². The second-order valence-electron chi connectivity index (χ2n) is 6.59. The highest BCUT2D eigenvalue weighted by Crippen LogP contribution is 2.59. The van der Waals surface area contributed by atoms with Crippen molar-refractivity contribution in [1.29, 1.82) is 0 Å². The van der Waals surface area contributed by atoms with Crippen molar-refractivity contribution in [2.75, 3.05) is 0 Å². The molecule has 0 spiro atoms. The van der Waals surface area contributed by atoms with Crippen molar-refractivity contribution in [2.45, 2.75) is 38.6 Å². The minimum Gasteiger partial charge on any atom is -0.392 e. The lowest BCUT2D eigenvalue weighted by Crippen LogP contribution is -2.47. The zero-order chi connectivity index (χ0) is 15.1. The number of nitrogens with one attached hydrogen (secondary N) is 1. The van der Waals surface area contributed by atoms with Crippen molar-refractivity contribution in [1.82, 2.24) is 5.32 Å². The predicted molar refractivity (Wildman–Crippen MR) is 88.0 cm³/mol. The Kier molecular flexibility index (Phi) is 3.74. The average molecular weight is 302 g/mol. The van der Waals surface area contributed by atoms with Gasteiger partial charge in [0.2, 0.25) is 5.91 Å². The molecule has 2 aliphatic rings. The summed E-state index contributed by atoms with van der Waals surface area (Å²) in [5.74, 6) is 1.34. The van der Waals surface area contributed by atoms with Gasteiger partial charge in [-0.3, -0.25) is 4.79 Å². The highest BCUT2D eigenvalue weighted by Gasteiger charge is 2.57. The third kappa shape index (κ3) is 2.57. The topological polar surface area (TPSA) is 55.1 Å². The molecule has 0 saturated heterocycles. The number of aryl methyl sites for hydroxylation is 1. The van der Waals surface area contributed by atoms with E-state index in [1.54, 1.807) is 0 Å². The van der Waals surface area contributed by atoms with Crippen molar-refractivity contribution in [2.24, 2.45) is 23.5 Å². The van der Waals surface area contributed by atoms with Crippen molar-refractivity contribution in [3.8, 4) is 0 Å². The van der Waals surface area contributed by atoms with Crippen molar-refractivity contribution >= 4 is 23.1 Å². The van der Waals surface area contributed by atoms with Gasteiger partial charge < -0.3 is 11.1 Å². The van der Waals surface area contributed by atoms with Crippen LogP contribution < -0.4 is 11.1 Å². The van der Waals surface area contributed by atoms with Crippen molar-refractivity contribution in [3.63, 3.8) is 0 Å². The summed E-state index contributed by atoms with van der Waals surface area (Å²) >= 11 is 5.07. The third-order valence-electron chi connectivity index (χ3n) is 4.90. The first-order valence-electron chi connectivity index (χ1n) is 7.68. The second-order valence-corrected chi connectivity index (χ2v) is 7.06. The fraction of sp³-hybridized carbons (Fsp3) is 0.529. The van der Waals surface area contributed by atoms with Gasteiger partial charge in [0.1, 0.15) is 0 Å². The summed E-state index contributed by atoms with van der Waals surface area (Å²) in [6.07, 6.45) is 2.20. The van der Waals surface area contributed by atoms with Gasteiger partial charge in [-0.25, -0.2) is 0 Å². The molecule has 3 nitrogen and oxygen atoms in total. The zero-order valence-electron chi connectivity index (χ0n) is 12.5. The number of hydrogen-bond acceptors (Lipinski definition) is 2. The molecule has 112 valence electrons. The van der Waals surface area contributed by atoms with Gasteiger partial charge >= 0.3 is 0 Å². The molecule has 21 heavy (non-hydrogen) atoms. The smallest absolute Gasteiger partial charge is 0.224 e. The summed E-state index contributed by atoms with van der Waals surface area (Å²) in [5, 5.41) is 3.06. The number of benzene rings is 1. The van der Waals surface area contributed by atoms with Crippen molar-refractivity contribution in [3.05, 3.63) is 35.4 Å². The number of carbonyl (C=O) groups is 1. The molecule has 3 N–H and O–H groups in total. The molecule has 1 aromatic carbocycles. The number of rotatable bonds is 4. The van der Waals surface area contributed by atoms with Crippen LogP contribution in [0, 0.1) is 17.8 Å². The number of thiocarbonyl (C=S) groups is 1. The SMILES string of the molecule is CC(C)C(NC(=O)C1C2CCc3ccccc3C21)C(N)=S. The Balaban J connectivity index is 1.73. The maximum Gasteiger partial charge on any atom is 0.224 e. The first-order chi connectivity index (χ1) is 10.0. The van der Waals surface area contributed by atoms with E-state index in [-0.39, 0.29) is 23.8 Å². The summed E-state index contributed by atoms with van der Waals surface area (Å²) in [4.78, 5) is 13.0. The van der Waals surface area contributed by atoms with Crippen LogP contribution >= 0.6 is 12.2 Å². The highest BCUT2D eigenvalue weighted by atomic mass is 32.1. The molecule has 2 aliphatic carbocycles. The van der Waals surface area contributed by atoms with Crippen LogP contribution in [0.1, 0.15) is 37.3 Å². The largest absolute Gasteiger partial charge is 0.392 e. The minimum absolute atomic E-state index is 0.101. The quantitative estimate of drug-likeness (QED) is 0.840. The van der Waals surface area contributed by atoms with Gasteiger partial charge in [0, 0.05) is 5.92 Å². The van der Waals surface area contributed by atoms with Crippen LogP contribution in [-0.2, 0) is 11.2 Å². The molecule has 0 aromatic heterocycles. The minimum atomic E-state index is -0.203. The van der Waals surface area contributed by atoms with E-state index < -0.39 is 0 Å². The fourth-order valence-electron chi connectivity index (χ4n) is 3.74. The fourth-order valence-corrected chi connectivity index (χ4v) is 4.07. The molecule has 1 saturated carbocycles. The number of fused-ring (bicyclic) bond motifs is 3. The van der Waals surface area contributed by atoms with E-state index >= 15 is 0 Å². The van der Waals surface area contributed by atoms with E-state index in [0.29, 0.717) is 16.8 Å². The molecule has 1 aromatic rings. The first kappa shape index (κ1) is 14.5. The maximum atomic E-state index is 12.6. The number of carbonyl (C=O) groups excluding carboxylic acids is 1. The van der Waals surface area contributed by atoms with Gasteiger partial charge in [0.05, 0.1) is 11.0 Å². The summed E-state index contributed by atoms with van der Waals surface area (Å²) in [6, 6.07) is 8.31. The van der Waals surface area contributed by atoms with E-state index in [9.17, 15) is 4.79 Å². The Morgan fingerprint density at radius 1 is 1.38 bits per heavy atom. The second kappa shape index (κ2) is 5.41. The number of nitrogens with two attached hydrogens (primary N) is 1. The lowest BCUT2D eigenvalue weighted by atomic mass is 9.92. The normalized spacial score (nSPS) is 27.5. The molecule has 0 heterocycles. The monoisotopic (exact) mass is 302 g/mol. The molecule has 0 radical (unpaired) electrons. The number of hydrogen-bond donors (Lipinski definition) is 2. The third-order valence-corrected chi connectivity index (χ3v) is 5.16. The molecular formula is C17H22N2OS. The van der Waals surface area contributed by atoms with Gasteiger partial charge in [0.25, 0.3) is 0 Å². The molecule has 4 heteroatoms. The van der Waals surface area contributed by atoms with Gasteiger partial charge in [-0.1, -0.05) is 50.3 Å². The standard InChI is InChI=1S/C17H22N2OS/c1-9(2)15(16(18)21)19-17(20)14-12-8-7-10-5-3-4-6-11(10)13(12)14/h3-6,9,12-15H,7-8H2,1-2H3,(H2,18,21)(H,19,20). The summed E-state index contributed by atoms with van der Waals surface area (Å²) in [6.45, 7) is 4.05. The summed E-state index contributed by atoms with van der Waals surface area (Å²) < 4.78 is 0. The van der Waals surface area contributed by atoms with Gasteiger partial charge in [-0.05, 0) is 41.7 Å². The van der Waals surface area contributed by atoms with Gasteiger partial charge in [-0.2, -0.15) is 0 Å². The Morgan fingerprint density at radius 3 is 2.76 bits per heavy atom. The molecule has 1 amide bonds. The van der Waals surface area contributed by atoms with Crippen LogP contribution in [0.15, 0.2) is 24.3 Å². The van der Waals surface area contributed by atoms with Crippen LogP contribution in [0.2, 0.25) is 0 Å². The summed E-state index contributed by atoms with van der Waals surface area (Å²) in [5.41, 5.74) is 8.52. The Morgan fingerprint density at radius 2 is 2.10 bits per heavy atom. The van der Waals surface area contributed by atoms with Crippen LogP contribution in [0.4, 0.5) is 0 Å².